The first kappa shape index (κ1) is 23.1. The van der Waals surface area contributed by atoms with Crippen LogP contribution in [0.1, 0.15) is 33.9 Å². The molecule has 0 N–H and O–H groups in total. The molecule has 0 spiro atoms. The van der Waals surface area contributed by atoms with Crippen LogP contribution in [0.15, 0.2) is 77.9 Å². The Balaban J connectivity index is 1.65. The van der Waals surface area contributed by atoms with E-state index in [1.54, 1.807) is 30.3 Å². The molecule has 2 amide bonds. The molecule has 6 nitrogen and oxygen atoms in total. The van der Waals surface area contributed by atoms with Crippen molar-refractivity contribution >= 4 is 17.5 Å². The molecule has 0 bridgehead atoms. The summed E-state index contributed by atoms with van der Waals surface area (Å²) in [5, 5.41) is 5.70. The van der Waals surface area contributed by atoms with Gasteiger partial charge in [0.2, 0.25) is 0 Å². The van der Waals surface area contributed by atoms with Crippen LogP contribution in [-0.2, 0) is 4.79 Å². The molecule has 1 atom stereocenters. The highest BCUT2D eigenvalue weighted by Gasteiger charge is 2.36. The fourth-order valence-electron chi connectivity index (χ4n) is 3.97. The number of ether oxygens (including phenoxy) is 1. The summed E-state index contributed by atoms with van der Waals surface area (Å²) < 4.78 is 34.0. The number of carbonyl (C=O) groups excluding carboxylic acids is 2. The van der Waals surface area contributed by atoms with Gasteiger partial charge in [-0.15, -0.1) is 0 Å². The standard InChI is InChI=1S/C26H23F2N3O3/c1-30(26(33)18-10-4-7-13-21(18)28)16-25(32)31-23(19-11-5-8-14-24(19)34-2)15-22(29-31)17-9-3-6-12-20(17)27/h3-14,23H,15-16H2,1-2H3/t23-/m0/s1. The normalized spacial score (nSPS) is 15.1. The molecule has 3 aromatic rings. The molecular formula is C26H23F2N3O3. The lowest BCUT2D eigenvalue weighted by molar-refractivity contribution is -0.133. The van der Waals surface area contributed by atoms with Gasteiger partial charge in [0.15, 0.2) is 0 Å². The van der Waals surface area contributed by atoms with E-state index in [9.17, 15) is 18.4 Å². The molecule has 3 aromatic carbocycles. The minimum atomic E-state index is -0.667. The third-order valence-corrected chi connectivity index (χ3v) is 5.67. The summed E-state index contributed by atoms with van der Waals surface area (Å²) >= 11 is 0. The largest absolute Gasteiger partial charge is 0.496 e. The summed E-state index contributed by atoms with van der Waals surface area (Å²) in [4.78, 5) is 27.2. The van der Waals surface area contributed by atoms with Gasteiger partial charge < -0.3 is 9.64 Å². The number of hydrogen-bond donors (Lipinski definition) is 0. The lowest BCUT2D eigenvalue weighted by Crippen LogP contribution is -2.39. The van der Waals surface area contributed by atoms with E-state index in [1.807, 2.05) is 18.2 Å². The summed E-state index contributed by atoms with van der Waals surface area (Å²) in [7, 11) is 2.95. The Morgan fingerprint density at radius 1 is 1.00 bits per heavy atom. The molecule has 174 valence electrons. The highest BCUT2D eigenvalue weighted by molar-refractivity contribution is 6.04. The number of hydrogen-bond acceptors (Lipinski definition) is 4. The van der Waals surface area contributed by atoms with Crippen molar-refractivity contribution in [3.63, 3.8) is 0 Å². The molecule has 0 fully saturated rings. The van der Waals surface area contributed by atoms with E-state index in [0.717, 1.165) is 4.90 Å². The fraction of sp³-hybridized carbons (Fsp3) is 0.192. The number of amides is 2. The Morgan fingerprint density at radius 2 is 1.65 bits per heavy atom. The van der Waals surface area contributed by atoms with Gasteiger partial charge in [-0.1, -0.05) is 48.5 Å². The van der Waals surface area contributed by atoms with Gasteiger partial charge in [-0.3, -0.25) is 9.59 Å². The smallest absolute Gasteiger partial charge is 0.262 e. The van der Waals surface area contributed by atoms with Gasteiger partial charge in [0.1, 0.15) is 23.9 Å². The molecule has 0 saturated carbocycles. The van der Waals surface area contributed by atoms with Crippen molar-refractivity contribution in [1.29, 1.82) is 0 Å². The number of hydrazone groups is 1. The number of rotatable bonds is 6. The van der Waals surface area contributed by atoms with Crippen molar-refractivity contribution in [2.24, 2.45) is 5.10 Å². The van der Waals surface area contributed by atoms with Crippen LogP contribution in [0.4, 0.5) is 8.78 Å². The van der Waals surface area contributed by atoms with Gasteiger partial charge in [0, 0.05) is 24.6 Å². The number of benzene rings is 3. The molecule has 34 heavy (non-hydrogen) atoms. The van der Waals surface area contributed by atoms with Gasteiger partial charge in [0.05, 0.1) is 24.4 Å². The maximum atomic E-state index is 14.5. The molecule has 1 aliphatic heterocycles. The van der Waals surface area contributed by atoms with Crippen LogP contribution in [0.3, 0.4) is 0 Å². The summed E-state index contributed by atoms with van der Waals surface area (Å²) in [5.74, 6) is -1.67. The van der Waals surface area contributed by atoms with Crippen LogP contribution in [0, 0.1) is 11.6 Å². The second kappa shape index (κ2) is 9.82. The third-order valence-electron chi connectivity index (χ3n) is 5.67. The second-order valence-corrected chi connectivity index (χ2v) is 7.87. The number of carbonyl (C=O) groups is 2. The van der Waals surface area contributed by atoms with Gasteiger partial charge in [-0.25, -0.2) is 13.8 Å². The predicted molar refractivity (Wildman–Crippen MR) is 123 cm³/mol. The zero-order valence-electron chi connectivity index (χ0n) is 18.7. The maximum Gasteiger partial charge on any atom is 0.262 e. The number of methoxy groups -OCH3 is 1. The molecule has 1 aliphatic rings. The van der Waals surface area contributed by atoms with Crippen molar-refractivity contribution in [2.75, 3.05) is 20.7 Å². The zero-order valence-corrected chi connectivity index (χ0v) is 18.7. The van der Waals surface area contributed by atoms with E-state index in [4.69, 9.17) is 4.74 Å². The molecule has 0 saturated heterocycles. The molecule has 0 aromatic heterocycles. The Kier molecular flexibility index (Phi) is 6.67. The summed E-state index contributed by atoms with van der Waals surface area (Å²) in [6, 6.07) is 18.5. The van der Waals surface area contributed by atoms with Gasteiger partial charge >= 0.3 is 0 Å². The summed E-state index contributed by atoms with van der Waals surface area (Å²) in [6.45, 7) is -0.340. The lowest BCUT2D eigenvalue weighted by atomic mass is 9.97. The van der Waals surface area contributed by atoms with Crippen molar-refractivity contribution in [2.45, 2.75) is 12.5 Å². The van der Waals surface area contributed by atoms with Crippen LogP contribution in [0.5, 0.6) is 5.75 Å². The van der Waals surface area contributed by atoms with Crippen LogP contribution in [0.2, 0.25) is 0 Å². The summed E-state index contributed by atoms with van der Waals surface area (Å²) in [5.41, 5.74) is 1.28. The minimum absolute atomic E-state index is 0.129. The van der Waals surface area contributed by atoms with Crippen LogP contribution in [0.25, 0.3) is 0 Å². The average molecular weight is 463 g/mol. The first-order valence-electron chi connectivity index (χ1n) is 10.7. The molecule has 0 radical (unpaired) electrons. The van der Waals surface area contributed by atoms with E-state index in [1.165, 1.54) is 43.4 Å². The van der Waals surface area contributed by atoms with Crippen molar-refractivity contribution in [3.8, 4) is 5.75 Å². The SMILES string of the molecule is COc1ccccc1[C@@H]1CC(c2ccccc2F)=NN1C(=O)CN(C)C(=O)c1ccccc1F. The average Bonchev–Trinajstić information content (AvgIpc) is 3.29. The Hall–Kier alpha value is -4.07. The van der Waals surface area contributed by atoms with E-state index in [0.29, 0.717) is 22.6 Å². The fourth-order valence-corrected chi connectivity index (χ4v) is 3.97. The van der Waals surface area contributed by atoms with Crippen molar-refractivity contribution in [3.05, 3.63) is 101 Å². The Bertz CT molecular complexity index is 1260. The van der Waals surface area contributed by atoms with E-state index in [2.05, 4.69) is 5.10 Å². The topological polar surface area (TPSA) is 62.2 Å². The summed E-state index contributed by atoms with van der Waals surface area (Å²) in [6.07, 6.45) is 0.262. The number of nitrogens with zero attached hydrogens (tertiary/aromatic N) is 3. The van der Waals surface area contributed by atoms with Gasteiger partial charge in [-0.2, -0.15) is 5.10 Å². The van der Waals surface area contributed by atoms with Gasteiger partial charge in [0.25, 0.3) is 11.8 Å². The Labute approximate surface area is 196 Å². The monoisotopic (exact) mass is 463 g/mol. The van der Waals surface area contributed by atoms with E-state index in [-0.39, 0.29) is 18.5 Å². The van der Waals surface area contributed by atoms with Gasteiger partial charge in [-0.05, 0) is 24.3 Å². The Morgan fingerprint density at radius 3 is 2.35 bits per heavy atom. The maximum absolute atomic E-state index is 14.5. The van der Waals surface area contributed by atoms with Crippen molar-refractivity contribution in [1.82, 2.24) is 9.91 Å². The highest BCUT2D eigenvalue weighted by Crippen LogP contribution is 2.37. The zero-order chi connectivity index (χ0) is 24.2. The predicted octanol–water partition coefficient (Wildman–Crippen LogP) is 4.42. The van der Waals surface area contributed by atoms with Crippen molar-refractivity contribution < 1.29 is 23.1 Å². The lowest BCUT2D eigenvalue weighted by Gasteiger charge is -2.26. The molecule has 1 heterocycles. The molecular weight excluding hydrogens is 440 g/mol. The first-order valence-corrected chi connectivity index (χ1v) is 10.7. The van der Waals surface area contributed by atoms with E-state index < -0.39 is 29.5 Å². The number of halogens is 2. The number of para-hydroxylation sites is 1. The second-order valence-electron chi connectivity index (χ2n) is 7.87. The first-order chi connectivity index (χ1) is 16.4. The molecule has 4 rings (SSSR count). The quantitative estimate of drug-likeness (QED) is 0.544. The van der Waals surface area contributed by atoms with Crippen LogP contribution >= 0.6 is 0 Å². The molecule has 0 aliphatic carbocycles. The highest BCUT2D eigenvalue weighted by atomic mass is 19.1. The van der Waals surface area contributed by atoms with Crippen LogP contribution < -0.4 is 4.74 Å². The molecule has 8 heteroatoms. The van der Waals surface area contributed by atoms with Crippen LogP contribution in [-0.4, -0.2) is 48.1 Å². The number of likely N-dealkylation sites (N-methyl/N-ethyl adjacent to an activating group) is 1. The third kappa shape index (κ3) is 4.52. The van der Waals surface area contributed by atoms with E-state index >= 15 is 0 Å². The minimum Gasteiger partial charge on any atom is -0.496 e. The molecule has 0 unspecified atom stereocenters.